The molecule has 0 unspecified atom stereocenters. The van der Waals surface area contributed by atoms with Crippen LogP contribution in [0.5, 0.6) is 5.75 Å². The summed E-state index contributed by atoms with van der Waals surface area (Å²) in [7, 11) is 0. The molecule has 24 heavy (non-hydrogen) atoms. The van der Waals surface area contributed by atoms with Gasteiger partial charge in [0.05, 0.1) is 12.7 Å². The van der Waals surface area contributed by atoms with Gasteiger partial charge in [-0.1, -0.05) is 19.3 Å². The van der Waals surface area contributed by atoms with Crippen LogP contribution in [0.1, 0.15) is 32.1 Å². The SMILES string of the molecule is O=c1cc(OCCOC2CCCCC2)ccn1-c1ccc(F)cc1. The van der Waals surface area contributed by atoms with E-state index in [1.807, 2.05) is 0 Å². The highest BCUT2D eigenvalue weighted by molar-refractivity contribution is 5.33. The van der Waals surface area contributed by atoms with Gasteiger partial charge in [0.2, 0.25) is 0 Å². The third kappa shape index (κ3) is 4.45. The molecule has 1 heterocycles. The number of hydrogen-bond acceptors (Lipinski definition) is 3. The number of rotatable bonds is 6. The van der Waals surface area contributed by atoms with Gasteiger partial charge in [-0.3, -0.25) is 9.36 Å². The van der Waals surface area contributed by atoms with Gasteiger partial charge < -0.3 is 9.47 Å². The molecule has 2 aromatic rings. The molecule has 0 amide bonds. The lowest BCUT2D eigenvalue weighted by Gasteiger charge is -2.21. The molecule has 1 aliphatic rings. The van der Waals surface area contributed by atoms with Gasteiger partial charge in [-0.25, -0.2) is 4.39 Å². The van der Waals surface area contributed by atoms with E-state index in [0.717, 1.165) is 12.8 Å². The second kappa shape index (κ2) is 8.11. The summed E-state index contributed by atoms with van der Waals surface area (Å²) in [5.74, 6) is 0.190. The van der Waals surface area contributed by atoms with Gasteiger partial charge in [-0.05, 0) is 43.2 Å². The molecular formula is C19H22FNO3. The highest BCUT2D eigenvalue weighted by Gasteiger charge is 2.13. The average molecular weight is 331 g/mol. The minimum absolute atomic E-state index is 0.215. The maximum Gasteiger partial charge on any atom is 0.258 e. The van der Waals surface area contributed by atoms with Crippen LogP contribution in [0.3, 0.4) is 0 Å². The van der Waals surface area contributed by atoms with E-state index in [0.29, 0.717) is 30.8 Å². The van der Waals surface area contributed by atoms with E-state index in [1.54, 1.807) is 24.4 Å². The topological polar surface area (TPSA) is 40.5 Å². The van der Waals surface area contributed by atoms with E-state index >= 15 is 0 Å². The summed E-state index contributed by atoms with van der Waals surface area (Å²) >= 11 is 0. The van der Waals surface area contributed by atoms with Crippen molar-refractivity contribution in [1.29, 1.82) is 0 Å². The van der Waals surface area contributed by atoms with Crippen molar-refractivity contribution < 1.29 is 13.9 Å². The van der Waals surface area contributed by atoms with Crippen molar-refractivity contribution in [2.45, 2.75) is 38.2 Å². The maximum atomic E-state index is 13.0. The zero-order chi connectivity index (χ0) is 16.8. The summed E-state index contributed by atoms with van der Waals surface area (Å²) in [5.41, 5.74) is 0.404. The highest BCUT2D eigenvalue weighted by Crippen LogP contribution is 2.20. The van der Waals surface area contributed by atoms with E-state index < -0.39 is 0 Å². The molecule has 0 radical (unpaired) electrons. The van der Waals surface area contributed by atoms with Crippen molar-refractivity contribution in [2.75, 3.05) is 13.2 Å². The Kier molecular flexibility index (Phi) is 5.64. The van der Waals surface area contributed by atoms with Crippen molar-refractivity contribution >= 4 is 0 Å². The Bertz CT molecular complexity index is 705. The summed E-state index contributed by atoms with van der Waals surface area (Å²) in [6, 6.07) is 8.95. The lowest BCUT2D eigenvalue weighted by molar-refractivity contribution is 0.0129. The smallest absolute Gasteiger partial charge is 0.258 e. The zero-order valence-electron chi connectivity index (χ0n) is 13.6. The van der Waals surface area contributed by atoms with Crippen LogP contribution in [0.2, 0.25) is 0 Å². The lowest BCUT2D eigenvalue weighted by Crippen LogP contribution is -2.20. The molecule has 4 nitrogen and oxygen atoms in total. The van der Waals surface area contributed by atoms with E-state index in [1.165, 1.54) is 42.0 Å². The number of ether oxygens (including phenoxy) is 2. The molecule has 3 rings (SSSR count). The lowest BCUT2D eigenvalue weighted by atomic mass is 9.98. The van der Waals surface area contributed by atoms with E-state index in [4.69, 9.17) is 9.47 Å². The molecule has 0 spiro atoms. The molecule has 128 valence electrons. The molecule has 0 N–H and O–H groups in total. The van der Waals surface area contributed by atoms with Crippen LogP contribution < -0.4 is 10.3 Å². The minimum atomic E-state index is -0.329. The quantitative estimate of drug-likeness (QED) is 0.758. The van der Waals surface area contributed by atoms with Gasteiger partial charge in [0.15, 0.2) is 0 Å². The Morgan fingerprint density at radius 2 is 1.79 bits per heavy atom. The van der Waals surface area contributed by atoms with Crippen LogP contribution in [0.25, 0.3) is 5.69 Å². The van der Waals surface area contributed by atoms with Crippen LogP contribution in [0, 0.1) is 5.82 Å². The first-order valence-electron chi connectivity index (χ1n) is 8.45. The number of aromatic nitrogens is 1. The Balaban J connectivity index is 1.52. The van der Waals surface area contributed by atoms with Crippen LogP contribution in [-0.2, 0) is 4.74 Å². The minimum Gasteiger partial charge on any atom is -0.491 e. The number of pyridine rings is 1. The summed E-state index contributed by atoms with van der Waals surface area (Å²) in [6.45, 7) is 0.961. The van der Waals surface area contributed by atoms with Crippen LogP contribution in [0.15, 0.2) is 47.4 Å². The second-order valence-corrected chi connectivity index (χ2v) is 6.03. The van der Waals surface area contributed by atoms with E-state index in [9.17, 15) is 9.18 Å². The summed E-state index contributed by atoms with van der Waals surface area (Å²) in [5, 5.41) is 0. The fourth-order valence-corrected chi connectivity index (χ4v) is 2.97. The molecule has 0 atom stereocenters. The molecule has 0 aliphatic heterocycles. The van der Waals surface area contributed by atoms with Crippen molar-refractivity contribution in [1.82, 2.24) is 4.57 Å². The number of benzene rings is 1. The van der Waals surface area contributed by atoms with Crippen LogP contribution in [-0.4, -0.2) is 23.9 Å². The van der Waals surface area contributed by atoms with Gasteiger partial charge in [-0.15, -0.1) is 0 Å². The highest BCUT2D eigenvalue weighted by atomic mass is 19.1. The molecule has 0 bridgehead atoms. The molecule has 1 fully saturated rings. The first kappa shape index (κ1) is 16.7. The van der Waals surface area contributed by atoms with Crippen LogP contribution >= 0.6 is 0 Å². The fraction of sp³-hybridized carbons (Fsp3) is 0.421. The van der Waals surface area contributed by atoms with Gasteiger partial charge in [-0.2, -0.15) is 0 Å². The van der Waals surface area contributed by atoms with E-state index in [2.05, 4.69) is 0 Å². The zero-order valence-corrected chi connectivity index (χ0v) is 13.6. The molecule has 5 heteroatoms. The third-order valence-corrected chi connectivity index (χ3v) is 4.25. The maximum absolute atomic E-state index is 13.0. The predicted octanol–water partition coefficient (Wildman–Crippen LogP) is 3.70. The fourth-order valence-electron chi connectivity index (χ4n) is 2.97. The van der Waals surface area contributed by atoms with Crippen molar-refractivity contribution in [3.05, 3.63) is 58.8 Å². The third-order valence-electron chi connectivity index (χ3n) is 4.25. The Morgan fingerprint density at radius 1 is 1.04 bits per heavy atom. The number of hydrogen-bond donors (Lipinski definition) is 0. The second-order valence-electron chi connectivity index (χ2n) is 6.03. The summed E-state index contributed by atoms with van der Waals surface area (Å²) in [6.07, 6.45) is 8.05. The largest absolute Gasteiger partial charge is 0.491 e. The molecule has 1 aliphatic carbocycles. The van der Waals surface area contributed by atoms with Gasteiger partial charge in [0, 0.05) is 18.0 Å². The van der Waals surface area contributed by atoms with Crippen molar-refractivity contribution in [2.24, 2.45) is 0 Å². The predicted molar refractivity (Wildman–Crippen MR) is 90.3 cm³/mol. The molecule has 1 aromatic carbocycles. The van der Waals surface area contributed by atoms with Gasteiger partial charge in [0.1, 0.15) is 18.2 Å². The van der Waals surface area contributed by atoms with Crippen LogP contribution in [0.4, 0.5) is 4.39 Å². The molecular weight excluding hydrogens is 309 g/mol. The Labute approximate surface area is 140 Å². The average Bonchev–Trinajstić information content (AvgIpc) is 2.61. The first-order valence-corrected chi connectivity index (χ1v) is 8.45. The monoisotopic (exact) mass is 331 g/mol. The molecule has 0 saturated heterocycles. The van der Waals surface area contributed by atoms with E-state index in [-0.39, 0.29) is 11.4 Å². The standard InChI is InChI=1S/C19H22FNO3/c20-15-6-8-16(9-7-15)21-11-10-18(14-19(21)22)24-13-12-23-17-4-2-1-3-5-17/h6-11,14,17H,1-5,12-13H2. The molecule has 1 aromatic heterocycles. The Morgan fingerprint density at radius 3 is 2.50 bits per heavy atom. The number of nitrogens with zero attached hydrogens (tertiary/aromatic N) is 1. The normalized spacial score (nSPS) is 15.4. The van der Waals surface area contributed by atoms with Crippen molar-refractivity contribution in [3.8, 4) is 11.4 Å². The Hall–Kier alpha value is -2.14. The van der Waals surface area contributed by atoms with Gasteiger partial charge in [0.25, 0.3) is 5.56 Å². The number of halogens is 1. The van der Waals surface area contributed by atoms with Gasteiger partial charge >= 0.3 is 0 Å². The summed E-state index contributed by atoms with van der Waals surface area (Å²) < 4.78 is 25.8. The summed E-state index contributed by atoms with van der Waals surface area (Å²) in [4.78, 5) is 12.2. The first-order chi connectivity index (χ1) is 11.7. The van der Waals surface area contributed by atoms with Crippen molar-refractivity contribution in [3.63, 3.8) is 0 Å². The molecule has 1 saturated carbocycles.